The molecule has 0 atom stereocenters. The van der Waals surface area contributed by atoms with Gasteiger partial charge in [-0.05, 0) is 0 Å². The van der Waals surface area contributed by atoms with Crippen molar-refractivity contribution in [2.24, 2.45) is 0 Å². The maximum Gasteiger partial charge on any atom is -0.0605 e. The summed E-state index contributed by atoms with van der Waals surface area (Å²) in [5.41, 5.74) is 0.667. The van der Waals surface area contributed by atoms with E-state index in [4.69, 9.17) is 0 Å². The lowest BCUT2D eigenvalue weighted by Crippen LogP contribution is -1.46. The molecule has 0 aromatic rings. The van der Waals surface area contributed by atoms with Gasteiger partial charge in [-0.15, -0.1) is 0 Å². The predicted molar refractivity (Wildman–Crippen MR) is 19.9 cm³/mol. The third kappa shape index (κ3) is 3.94. The molecule has 0 aliphatic rings. The van der Waals surface area contributed by atoms with Crippen molar-refractivity contribution in [1.29, 1.82) is 0 Å². The fourth-order valence-corrected chi connectivity index (χ4v) is 0. The van der Waals surface area contributed by atoms with Gasteiger partial charge in [0.2, 0.25) is 0 Å². The van der Waals surface area contributed by atoms with Crippen LogP contribution in [0.25, 0.3) is 0 Å². The zero-order chi connectivity index (χ0) is 3.58. The quantitative estimate of drug-likeness (QED) is 0.365. The van der Waals surface area contributed by atoms with E-state index < -0.39 is 0 Å². The van der Waals surface area contributed by atoms with E-state index in [1.807, 2.05) is 0 Å². The molecule has 0 aliphatic heterocycles. The second kappa shape index (κ2) is 0.993. The van der Waals surface area contributed by atoms with Crippen molar-refractivity contribution in [3.8, 4) is 0 Å². The Balaban J connectivity index is 2.80. The summed E-state index contributed by atoms with van der Waals surface area (Å²) in [6.07, 6.45) is 0. The first kappa shape index (κ1) is 3.61. The van der Waals surface area contributed by atoms with Crippen molar-refractivity contribution < 1.29 is 0 Å². The van der Waals surface area contributed by atoms with Crippen LogP contribution in [0.1, 0.15) is 0 Å². The van der Waals surface area contributed by atoms with Crippen LogP contribution in [0.4, 0.5) is 0 Å². The van der Waals surface area contributed by atoms with Crippen LogP contribution in [0.3, 0.4) is 0 Å². The third-order valence-electron chi connectivity index (χ3n) is 0. The van der Waals surface area contributed by atoms with E-state index in [0.717, 1.165) is 0 Å². The minimum absolute atomic E-state index is 0.667. The Morgan fingerprint density at radius 1 is 1.75 bits per heavy atom. The first-order valence-electron chi connectivity index (χ1n) is 1.06. The summed E-state index contributed by atoms with van der Waals surface area (Å²) >= 11 is 0. The van der Waals surface area contributed by atoms with Crippen molar-refractivity contribution in [3.05, 3.63) is 26.0 Å². The lowest BCUT2D eigenvalue weighted by atomic mass is 10.4. The van der Waals surface area contributed by atoms with Gasteiger partial charge in [0.05, 0.1) is 0 Å². The van der Waals surface area contributed by atoms with Gasteiger partial charge in [-0.1, -0.05) is 6.92 Å². The molecular formula is C4H6-. The van der Waals surface area contributed by atoms with Crippen LogP contribution in [0.15, 0.2) is 12.2 Å². The average Bonchev–Trinajstić information content (AvgIpc) is 0.811. The monoisotopic (exact) mass is 54.0 g/mol. The predicted octanol–water partition coefficient (Wildman–Crippen LogP) is 1.21. The van der Waals surface area contributed by atoms with Gasteiger partial charge < -0.3 is 0 Å². The average molecular weight is 54.1 g/mol. The SMILES string of the molecule is [CH2]C(=C)[CH2-]. The molecule has 0 aliphatic carbocycles. The van der Waals surface area contributed by atoms with E-state index in [1.165, 1.54) is 0 Å². The zero-order valence-corrected chi connectivity index (χ0v) is 2.62. The molecule has 0 fully saturated rings. The summed E-state index contributed by atoms with van der Waals surface area (Å²) in [4.78, 5) is 0. The van der Waals surface area contributed by atoms with Crippen LogP contribution in [0.2, 0.25) is 0 Å². The lowest BCUT2D eigenvalue weighted by molar-refractivity contribution is 1.82. The molecule has 0 aromatic carbocycles. The molecule has 23 valence electrons. The molecule has 0 saturated carbocycles. The highest BCUT2D eigenvalue weighted by Crippen LogP contribution is 1.71. The van der Waals surface area contributed by atoms with E-state index >= 15 is 0 Å². The first-order chi connectivity index (χ1) is 1.73. The third-order valence-corrected chi connectivity index (χ3v) is 0. The number of allylic oxidation sites excluding steroid dienone is 1. The van der Waals surface area contributed by atoms with Gasteiger partial charge in [0.15, 0.2) is 0 Å². The molecule has 0 heteroatoms. The number of hydrogen-bond acceptors (Lipinski definition) is 0. The van der Waals surface area contributed by atoms with Crippen LogP contribution in [-0.4, -0.2) is 0 Å². The van der Waals surface area contributed by atoms with Crippen LogP contribution in [0, 0.1) is 13.8 Å². The Morgan fingerprint density at radius 2 is 1.75 bits per heavy atom. The fraction of sp³-hybridized carbons (Fsp3) is 0. The molecule has 1 radical (unpaired) electrons. The second-order valence-electron chi connectivity index (χ2n) is 0.750. The van der Waals surface area contributed by atoms with E-state index in [1.54, 1.807) is 0 Å². The first-order valence-corrected chi connectivity index (χ1v) is 1.06. The summed E-state index contributed by atoms with van der Waals surface area (Å²) in [6, 6.07) is 0. The lowest BCUT2D eigenvalue weighted by Gasteiger charge is -1.78. The van der Waals surface area contributed by atoms with Gasteiger partial charge in [0.25, 0.3) is 0 Å². The second-order valence-corrected chi connectivity index (χ2v) is 0.750. The van der Waals surface area contributed by atoms with E-state index in [-0.39, 0.29) is 0 Å². The van der Waals surface area contributed by atoms with Crippen LogP contribution in [0.5, 0.6) is 0 Å². The molecular weight excluding hydrogens is 48.0 g/mol. The number of rotatable bonds is 0. The normalized spacial score (nSPS) is 6.25. The van der Waals surface area contributed by atoms with Gasteiger partial charge in [0, 0.05) is 0 Å². The highest BCUT2D eigenvalue weighted by molar-refractivity contribution is 4.99. The zero-order valence-electron chi connectivity index (χ0n) is 2.62. The molecule has 0 N–H and O–H groups in total. The molecule has 0 nitrogen and oxygen atoms in total. The largest absolute Gasteiger partial charge is 0.242 e. The highest BCUT2D eigenvalue weighted by atomic mass is 13.6. The molecule has 0 heterocycles. The van der Waals surface area contributed by atoms with Crippen LogP contribution in [-0.2, 0) is 0 Å². The van der Waals surface area contributed by atoms with E-state index in [9.17, 15) is 0 Å². The van der Waals surface area contributed by atoms with Gasteiger partial charge in [-0.3, -0.25) is 0 Å². The summed E-state index contributed by atoms with van der Waals surface area (Å²) in [7, 11) is 0. The van der Waals surface area contributed by atoms with Gasteiger partial charge in [-0.2, -0.15) is 0 Å². The molecule has 0 bridgehead atoms. The standard InChI is InChI=1S/C4H6/c1-4(2)3/h1-3H2/q-1. The van der Waals surface area contributed by atoms with Crippen molar-refractivity contribution in [3.63, 3.8) is 0 Å². The summed E-state index contributed by atoms with van der Waals surface area (Å²) in [5, 5.41) is 0. The molecule has 0 rings (SSSR count). The Kier molecular flexibility index (Phi) is 0.896. The minimum Gasteiger partial charge on any atom is -0.242 e. The summed E-state index contributed by atoms with van der Waals surface area (Å²) in [6.45, 7) is 10.0. The maximum atomic E-state index is 3.33. The van der Waals surface area contributed by atoms with Gasteiger partial charge >= 0.3 is 0 Å². The molecule has 0 unspecified atom stereocenters. The Hall–Kier alpha value is -0.390. The van der Waals surface area contributed by atoms with Crippen molar-refractivity contribution in [1.82, 2.24) is 0 Å². The number of hydrogen-bond donors (Lipinski definition) is 0. The Labute approximate surface area is 27.1 Å². The highest BCUT2D eigenvalue weighted by Gasteiger charge is 1.39. The molecule has 0 amide bonds. The van der Waals surface area contributed by atoms with Crippen LogP contribution < -0.4 is 0 Å². The molecule has 0 saturated heterocycles. The minimum atomic E-state index is 0.667. The topological polar surface area (TPSA) is 0 Å². The van der Waals surface area contributed by atoms with Gasteiger partial charge in [0.1, 0.15) is 0 Å². The fourth-order valence-electron chi connectivity index (χ4n) is 0. The molecule has 0 aromatic heterocycles. The smallest absolute Gasteiger partial charge is 0.0605 e. The molecule has 0 spiro atoms. The Bertz CT molecular complexity index is 23.0. The van der Waals surface area contributed by atoms with E-state index in [0.29, 0.717) is 5.57 Å². The summed E-state index contributed by atoms with van der Waals surface area (Å²) in [5.74, 6) is 0. The van der Waals surface area contributed by atoms with Crippen molar-refractivity contribution in [2.45, 2.75) is 0 Å². The molecule has 4 heavy (non-hydrogen) atoms. The Morgan fingerprint density at radius 3 is 1.75 bits per heavy atom. The van der Waals surface area contributed by atoms with Gasteiger partial charge in [-0.25, -0.2) is 19.1 Å². The van der Waals surface area contributed by atoms with E-state index in [2.05, 4.69) is 20.4 Å². The van der Waals surface area contributed by atoms with Crippen molar-refractivity contribution in [2.75, 3.05) is 0 Å². The maximum absolute atomic E-state index is 3.33. The van der Waals surface area contributed by atoms with Crippen LogP contribution >= 0.6 is 0 Å². The van der Waals surface area contributed by atoms with Crippen molar-refractivity contribution >= 4 is 0 Å². The summed E-state index contributed by atoms with van der Waals surface area (Å²) < 4.78 is 0.